The maximum Gasteiger partial charge on any atom is 0.408 e. The number of alkyl halides is 3. The van der Waals surface area contributed by atoms with E-state index in [0.717, 1.165) is 4.90 Å². The molecule has 3 aliphatic heterocycles. The molecule has 1 aromatic carbocycles. The predicted octanol–water partition coefficient (Wildman–Crippen LogP) is 3.79. The molecule has 3 aromatic rings. The summed E-state index contributed by atoms with van der Waals surface area (Å²) in [5, 5.41) is 7.39. The smallest absolute Gasteiger partial charge is 0.339 e. The Balaban J connectivity index is 1.24. The van der Waals surface area contributed by atoms with Gasteiger partial charge in [-0.1, -0.05) is 22.0 Å². The first-order chi connectivity index (χ1) is 18.6. The Bertz CT molecular complexity index is 1480. The summed E-state index contributed by atoms with van der Waals surface area (Å²) < 4.78 is 41.2. The van der Waals surface area contributed by atoms with Crippen LogP contribution >= 0.6 is 15.9 Å². The molecule has 39 heavy (non-hydrogen) atoms. The molecule has 13 heteroatoms. The number of halogens is 4. The first-order valence-electron chi connectivity index (χ1n) is 12.7. The second-order valence-corrected chi connectivity index (χ2v) is 11.1. The van der Waals surface area contributed by atoms with Gasteiger partial charge in [0.25, 0.3) is 5.91 Å². The summed E-state index contributed by atoms with van der Waals surface area (Å²) in [6, 6.07) is 5.14. The summed E-state index contributed by atoms with van der Waals surface area (Å²) in [7, 11) is 0. The fourth-order valence-corrected chi connectivity index (χ4v) is 6.90. The van der Waals surface area contributed by atoms with E-state index in [1.165, 1.54) is 11.1 Å². The molecule has 0 saturated carbocycles. The van der Waals surface area contributed by atoms with Crippen LogP contribution in [0.3, 0.4) is 0 Å². The molecular weight excluding hydrogens is 581 g/mol. The number of nitrogens with zero attached hydrogens (tertiary/aromatic N) is 5. The minimum atomic E-state index is -4.51. The fraction of sp³-hybridized carbons (Fsp3) is 0.423. The summed E-state index contributed by atoms with van der Waals surface area (Å²) >= 11 is 3.56. The third-order valence-corrected chi connectivity index (χ3v) is 8.76. The number of rotatable bonds is 3. The van der Waals surface area contributed by atoms with E-state index < -0.39 is 30.1 Å². The van der Waals surface area contributed by atoms with Crippen molar-refractivity contribution in [2.75, 3.05) is 31.1 Å². The summed E-state index contributed by atoms with van der Waals surface area (Å²) in [6.07, 6.45) is -0.682. The Hall–Kier alpha value is -3.48. The predicted molar refractivity (Wildman–Crippen MR) is 138 cm³/mol. The first-order valence-corrected chi connectivity index (χ1v) is 13.4. The highest BCUT2D eigenvalue weighted by Gasteiger charge is 2.55. The van der Waals surface area contributed by atoms with Crippen LogP contribution in [0.4, 0.5) is 18.9 Å². The van der Waals surface area contributed by atoms with Crippen molar-refractivity contribution in [3.8, 4) is 0 Å². The fourth-order valence-electron chi connectivity index (χ4n) is 6.17. The number of pyridine rings is 1. The van der Waals surface area contributed by atoms with Gasteiger partial charge in [0.1, 0.15) is 12.6 Å². The molecule has 0 aliphatic carbocycles. The van der Waals surface area contributed by atoms with Gasteiger partial charge in [-0.3, -0.25) is 19.5 Å². The number of carbonyl (C=O) groups excluding carboxylic acids is 3. The van der Waals surface area contributed by atoms with E-state index in [-0.39, 0.29) is 31.2 Å². The molecule has 2 aromatic heterocycles. The molecule has 0 bridgehead atoms. The number of hydrogen-bond acceptors (Lipinski definition) is 5. The van der Waals surface area contributed by atoms with Gasteiger partial charge in [-0.25, -0.2) is 4.98 Å². The van der Waals surface area contributed by atoms with Crippen LogP contribution in [0.25, 0.3) is 11.0 Å². The summed E-state index contributed by atoms with van der Waals surface area (Å²) in [5.41, 5.74) is 1.22. The monoisotopic (exact) mass is 604 g/mol. The molecular formula is C26H24BrF3N6O3. The molecule has 0 unspecified atom stereocenters. The average Bonchev–Trinajstić information content (AvgIpc) is 3.64. The molecule has 9 nitrogen and oxygen atoms in total. The number of likely N-dealkylation sites (tertiary alicyclic amines) is 2. The lowest BCUT2D eigenvalue weighted by atomic mass is 9.73. The molecule has 1 spiro atoms. The molecule has 2 fully saturated rings. The van der Waals surface area contributed by atoms with E-state index in [1.807, 2.05) is 6.07 Å². The van der Waals surface area contributed by atoms with Gasteiger partial charge in [-0.2, -0.15) is 18.3 Å². The van der Waals surface area contributed by atoms with Crippen molar-refractivity contribution in [1.29, 1.82) is 0 Å². The second kappa shape index (κ2) is 9.32. The van der Waals surface area contributed by atoms with Crippen LogP contribution < -0.4 is 4.90 Å². The van der Waals surface area contributed by atoms with Crippen molar-refractivity contribution in [1.82, 2.24) is 25.0 Å². The van der Waals surface area contributed by atoms with Gasteiger partial charge in [0, 0.05) is 46.9 Å². The van der Waals surface area contributed by atoms with Crippen LogP contribution in [0.2, 0.25) is 0 Å². The molecule has 3 aliphatic rings. The zero-order valence-electron chi connectivity index (χ0n) is 20.7. The topological polar surface area (TPSA) is 102 Å². The number of amides is 3. The summed E-state index contributed by atoms with van der Waals surface area (Å²) in [4.78, 5) is 48.4. The van der Waals surface area contributed by atoms with E-state index in [0.29, 0.717) is 58.3 Å². The molecule has 0 radical (unpaired) electrons. The zero-order valence-corrected chi connectivity index (χ0v) is 22.3. The molecule has 5 heterocycles. The van der Waals surface area contributed by atoms with E-state index >= 15 is 0 Å². The summed E-state index contributed by atoms with van der Waals surface area (Å²) in [6.45, 7) is 0.130. The normalized spacial score (nSPS) is 20.8. The lowest BCUT2D eigenvalue weighted by Gasteiger charge is -2.39. The largest absolute Gasteiger partial charge is 0.408 e. The molecule has 3 amide bonds. The molecule has 1 N–H and O–H groups in total. The second-order valence-electron chi connectivity index (χ2n) is 10.2. The van der Waals surface area contributed by atoms with Gasteiger partial charge in [-0.05, 0) is 43.9 Å². The molecule has 204 valence electrons. The molecule has 6 rings (SSSR count). The van der Waals surface area contributed by atoms with Gasteiger partial charge in [-0.15, -0.1) is 0 Å². The van der Waals surface area contributed by atoms with Gasteiger partial charge in [0.05, 0.1) is 17.2 Å². The van der Waals surface area contributed by atoms with Crippen LogP contribution in [0.1, 0.15) is 41.6 Å². The van der Waals surface area contributed by atoms with E-state index in [9.17, 15) is 27.6 Å². The SMILES string of the molecule is O=C(c1cnc2[nH]ncc2c1)N1CCC2(CC1)C(=O)N(CC(=O)N1CCC[C@H]1C(F)(F)F)c1cccc(Br)c12. The van der Waals surface area contributed by atoms with Crippen LogP contribution in [-0.4, -0.2) is 81.1 Å². The van der Waals surface area contributed by atoms with Crippen molar-refractivity contribution in [3.05, 3.63) is 52.3 Å². The maximum atomic E-state index is 14.0. The number of benzene rings is 1. The minimum Gasteiger partial charge on any atom is -0.339 e. The lowest BCUT2D eigenvalue weighted by Crippen LogP contribution is -2.53. The van der Waals surface area contributed by atoms with Crippen molar-refractivity contribution in [3.63, 3.8) is 0 Å². The van der Waals surface area contributed by atoms with Crippen LogP contribution in [0.5, 0.6) is 0 Å². The average molecular weight is 605 g/mol. The Kier molecular flexibility index (Phi) is 6.16. The number of piperidine rings is 1. The molecule has 2 saturated heterocycles. The lowest BCUT2D eigenvalue weighted by molar-refractivity contribution is -0.182. The van der Waals surface area contributed by atoms with Gasteiger partial charge in [0.15, 0.2) is 5.65 Å². The number of fused-ring (bicyclic) bond motifs is 3. The number of hydrogen-bond donors (Lipinski definition) is 1. The number of aromatic nitrogens is 3. The number of H-pyrrole nitrogens is 1. The van der Waals surface area contributed by atoms with E-state index in [4.69, 9.17) is 0 Å². The van der Waals surface area contributed by atoms with Gasteiger partial charge >= 0.3 is 6.18 Å². The number of aromatic amines is 1. The van der Waals surface area contributed by atoms with Crippen LogP contribution in [0.15, 0.2) is 41.1 Å². The third kappa shape index (κ3) is 4.17. The highest BCUT2D eigenvalue weighted by Crippen LogP contribution is 2.51. The maximum absolute atomic E-state index is 14.0. The van der Waals surface area contributed by atoms with Crippen molar-refractivity contribution >= 4 is 50.4 Å². The minimum absolute atomic E-state index is 0.0120. The van der Waals surface area contributed by atoms with E-state index in [2.05, 4.69) is 31.1 Å². The van der Waals surface area contributed by atoms with Crippen molar-refractivity contribution in [2.24, 2.45) is 0 Å². The Morgan fingerprint density at radius 3 is 2.67 bits per heavy atom. The standard InChI is InChI=1S/C26H24BrF3N6O3/c27-17-3-1-4-18-21(17)25(24(39)36(18)14-20(37)35-8-2-5-19(35)26(28,29)30)6-9-34(10-7-25)23(38)16-11-15-13-32-33-22(15)31-12-16/h1,3-4,11-13,19H,2,5-10,14H2,(H,31,32,33)/t19-/m0/s1. The van der Waals surface area contributed by atoms with Crippen molar-refractivity contribution < 1.29 is 27.6 Å². The summed E-state index contributed by atoms with van der Waals surface area (Å²) in [5.74, 6) is -1.26. The van der Waals surface area contributed by atoms with Gasteiger partial charge in [0.2, 0.25) is 11.8 Å². The zero-order chi connectivity index (χ0) is 27.5. The van der Waals surface area contributed by atoms with Crippen molar-refractivity contribution in [2.45, 2.75) is 43.3 Å². The van der Waals surface area contributed by atoms with Crippen LogP contribution in [-0.2, 0) is 15.0 Å². The highest BCUT2D eigenvalue weighted by molar-refractivity contribution is 9.10. The number of anilines is 1. The Labute approximate surface area is 229 Å². The Morgan fingerprint density at radius 2 is 1.92 bits per heavy atom. The number of carbonyl (C=O) groups is 3. The first kappa shape index (κ1) is 25.8. The van der Waals surface area contributed by atoms with Crippen LogP contribution in [0, 0.1) is 0 Å². The van der Waals surface area contributed by atoms with E-state index in [1.54, 1.807) is 29.3 Å². The Morgan fingerprint density at radius 1 is 1.15 bits per heavy atom. The van der Waals surface area contributed by atoms with Gasteiger partial charge < -0.3 is 14.7 Å². The molecule has 1 atom stereocenters. The quantitative estimate of drug-likeness (QED) is 0.490. The highest BCUT2D eigenvalue weighted by atomic mass is 79.9. The number of nitrogens with one attached hydrogen (secondary N) is 1. The third-order valence-electron chi connectivity index (χ3n) is 8.10.